The first-order chi connectivity index (χ1) is 5.11. The molecule has 11 heavy (non-hydrogen) atoms. The summed E-state index contributed by atoms with van der Waals surface area (Å²) >= 11 is 0. The number of hydrogen-bond acceptors (Lipinski definition) is 2. The fraction of sp³-hybridized carbons (Fsp3) is 0.778. The Hall–Kier alpha value is -0.660. The summed E-state index contributed by atoms with van der Waals surface area (Å²) in [7, 11) is 6.23. The van der Waals surface area contributed by atoms with E-state index in [9.17, 15) is 0 Å². The van der Waals surface area contributed by atoms with E-state index in [-0.39, 0.29) is 0 Å². The number of hydrogen-bond donors (Lipinski definition) is 0. The van der Waals surface area contributed by atoms with Crippen LogP contribution in [0.15, 0.2) is 11.9 Å². The monoisotopic (exact) mass is 156 g/mol. The van der Waals surface area contributed by atoms with Gasteiger partial charge >= 0.3 is 0 Å². The van der Waals surface area contributed by atoms with Gasteiger partial charge in [-0.25, -0.2) is 0 Å². The Morgan fingerprint density at radius 2 is 1.73 bits per heavy atom. The van der Waals surface area contributed by atoms with Gasteiger partial charge in [-0.15, -0.1) is 0 Å². The van der Waals surface area contributed by atoms with Gasteiger partial charge in [-0.2, -0.15) is 0 Å². The summed E-state index contributed by atoms with van der Waals surface area (Å²) in [5.41, 5.74) is 1.39. The highest BCUT2D eigenvalue weighted by atomic mass is 15.1. The van der Waals surface area contributed by atoms with E-state index in [0.29, 0.717) is 0 Å². The molecule has 0 aliphatic heterocycles. The van der Waals surface area contributed by atoms with Crippen molar-refractivity contribution in [1.29, 1.82) is 0 Å². The molecule has 2 heteroatoms. The summed E-state index contributed by atoms with van der Waals surface area (Å²) < 4.78 is 0. The average molecular weight is 156 g/mol. The third-order valence-corrected chi connectivity index (χ3v) is 1.73. The minimum Gasteiger partial charge on any atom is -0.382 e. The molecule has 0 fully saturated rings. The van der Waals surface area contributed by atoms with Gasteiger partial charge in [0, 0.05) is 39.6 Å². The summed E-state index contributed by atoms with van der Waals surface area (Å²) in [6.07, 6.45) is 3.27. The molecule has 66 valence electrons. The van der Waals surface area contributed by atoms with Crippen LogP contribution in [-0.2, 0) is 0 Å². The number of rotatable bonds is 4. The van der Waals surface area contributed by atoms with Gasteiger partial charge in [0.25, 0.3) is 0 Å². The third-order valence-electron chi connectivity index (χ3n) is 1.73. The van der Waals surface area contributed by atoms with Crippen molar-refractivity contribution in [3.63, 3.8) is 0 Å². The van der Waals surface area contributed by atoms with Crippen LogP contribution in [0.3, 0.4) is 0 Å². The first-order valence-corrected chi connectivity index (χ1v) is 4.20. The van der Waals surface area contributed by atoms with Gasteiger partial charge in [-0.1, -0.05) is 6.92 Å². The summed E-state index contributed by atoms with van der Waals surface area (Å²) in [5, 5.41) is 0. The second kappa shape index (κ2) is 5.05. The maximum Gasteiger partial charge on any atom is 0.0288 e. The SMILES string of the molecule is CC/C(=C/N(C)C)N(C)CC. The predicted octanol–water partition coefficient (Wildman–Crippen LogP) is 1.75. The van der Waals surface area contributed by atoms with E-state index in [4.69, 9.17) is 0 Å². The van der Waals surface area contributed by atoms with E-state index in [1.165, 1.54) is 5.70 Å². The van der Waals surface area contributed by atoms with Crippen molar-refractivity contribution in [2.75, 3.05) is 27.7 Å². The Kier molecular flexibility index (Phi) is 4.75. The number of nitrogens with zero attached hydrogens (tertiary/aromatic N) is 2. The second-order valence-electron chi connectivity index (χ2n) is 2.95. The normalized spacial score (nSPS) is 11.5. The molecule has 2 nitrogen and oxygen atoms in total. The van der Waals surface area contributed by atoms with Crippen molar-refractivity contribution >= 4 is 0 Å². The topological polar surface area (TPSA) is 6.48 Å². The highest BCUT2D eigenvalue weighted by Gasteiger charge is 1.98. The van der Waals surface area contributed by atoms with E-state index in [2.05, 4.69) is 51.0 Å². The standard InChI is InChI=1S/C9H20N2/c1-6-9(8-10(3)4)11(5)7-2/h8H,6-7H2,1-5H3/b9-8-. The molecule has 0 saturated heterocycles. The number of allylic oxidation sites excluding steroid dienone is 1. The molecule has 0 aromatic carbocycles. The zero-order valence-electron chi connectivity index (χ0n) is 8.39. The van der Waals surface area contributed by atoms with E-state index < -0.39 is 0 Å². The van der Waals surface area contributed by atoms with E-state index >= 15 is 0 Å². The summed E-state index contributed by atoms with van der Waals surface area (Å²) in [4.78, 5) is 4.35. The molecule has 0 spiro atoms. The van der Waals surface area contributed by atoms with Gasteiger partial charge in [0.1, 0.15) is 0 Å². The molecule has 0 bridgehead atoms. The van der Waals surface area contributed by atoms with Crippen LogP contribution < -0.4 is 0 Å². The third kappa shape index (κ3) is 3.91. The van der Waals surface area contributed by atoms with Gasteiger partial charge in [0.2, 0.25) is 0 Å². The average Bonchev–Trinajstić information content (AvgIpc) is 1.98. The van der Waals surface area contributed by atoms with Gasteiger partial charge in [-0.05, 0) is 13.3 Å². The Labute approximate surface area is 70.5 Å². The molecular formula is C9H20N2. The van der Waals surface area contributed by atoms with E-state index in [0.717, 1.165) is 13.0 Å². The van der Waals surface area contributed by atoms with Crippen LogP contribution in [0.2, 0.25) is 0 Å². The molecule has 0 amide bonds. The van der Waals surface area contributed by atoms with Crippen LogP contribution in [-0.4, -0.2) is 37.5 Å². The Morgan fingerprint density at radius 1 is 1.18 bits per heavy atom. The zero-order chi connectivity index (χ0) is 8.85. The molecule has 0 aromatic heterocycles. The largest absolute Gasteiger partial charge is 0.382 e. The maximum atomic E-state index is 2.26. The summed E-state index contributed by atoms with van der Waals surface area (Å²) in [6.45, 7) is 5.42. The van der Waals surface area contributed by atoms with Crippen molar-refractivity contribution in [2.45, 2.75) is 20.3 Å². The highest BCUT2D eigenvalue weighted by Crippen LogP contribution is 2.05. The van der Waals surface area contributed by atoms with Gasteiger partial charge < -0.3 is 9.80 Å². The lowest BCUT2D eigenvalue weighted by atomic mass is 10.3. The van der Waals surface area contributed by atoms with Crippen molar-refractivity contribution < 1.29 is 0 Å². The fourth-order valence-electron chi connectivity index (χ4n) is 0.961. The summed E-state index contributed by atoms with van der Waals surface area (Å²) in [5.74, 6) is 0. The lowest BCUT2D eigenvalue weighted by molar-refractivity contribution is 0.408. The molecular weight excluding hydrogens is 136 g/mol. The van der Waals surface area contributed by atoms with Gasteiger partial charge in [0.05, 0.1) is 0 Å². The smallest absolute Gasteiger partial charge is 0.0288 e. The zero-order valence-corrected chi connectivity index (χ0v) is 8.39. The quantitative estimate of drug-likeness (QED) is 0.612. The van der Waals surface area contributed by atoms with Crippen molar-refractivity contribution in [2.24, 2.45) is 0 Å². The van der Waals surface area contributed by atoms with Crippen LogP contribution >= 0.6 is 0 Å². The lowest BCUT2D eigenvalue weighted by Crippen LogP contribution is -2.19. The summed E-state index contributed by atoms with van der Waals surface area (Å²) in [6, 6.07) is 0. The molecule has 0 saturated carbocycles. The maximum absolute atomic E-state index is 2.26. The van der Waals surface area contributed by atoms with E-state index in [1.54, 1.807) is 0 Å². The van der Waals surface area contributed by atoms with Crippen molar-refractivity contribution in [1.82, 2.24) is 9.80 Å². The minimum atomic E-state index is 1.08. The Balaban J connectivity index is 4.14. The van der Waals surface area contributed by atoms with Gasteiger partial charge in [-0.3, -0.25) is 0 Å². The molecule has 0 aliphatic rings. The Bertz CT molecular complexity index is 128. The fourth-order valence-corrected chi connectivity index (χ4v) is 0.961. The lowest BCUT2D eigenvalue weighted by Gasteiger charge is -2.21. The molecule has 0 N–H and O–H groups in total. The molecule has 0 unspecified atom stereocenters. The molecule has 0 heterocycles. The molecule has 0 atom stereocenters. The van der Waals surface area contributed by atoms with Gasteiger partial charge in [0.15, 0.2) is 0 Å². The Morgan fingerprint density at radius 3 is 2.00 bits per heavy atom. The van der Waals surface area contributed by atoms with Crippen LogP contribution in [0.4, 0.5) is 0 Å². The van der Waals surface area contributed by atoms with Crippen LogP contribution in [0.25, 0.3) is 0 Å². The highest BCUT2D eigenvalue weighted by molar-refractivity contribution is 4.97. The van der Waals surface area contributed by atoms with Crippen LogP contribution in [0.1, 0.15) is 20.3 Å². The van der Waals surface area contributed by atoms with Crippen LogP contribution in [0.5, 0.6) is 0 Å². The predicted molar refractivity (Wildman–Crippen MR) is 50.4 cm³/mol. The molecule has 0 radical (unpaired) electrons. The first-order valence-electron chi connectivity index (χ1n) is 4.20. The van der Waals surface area contributed by atoms with Crippen LogP contribution in [0, 0.1) is 0 Å². The molecule has 0 rings (SSSR count). The first kappa shape index (κ1) is 10.3. The second-order valence-corrected chi connectivity index (χ2v) is 2.95. The van der Waals surface area contributed by atoms with Crippen molar-refractivity contribution in [3.8, 4) is 0 Å². The van der Waals surface area contributed by atoms with Crippen molar-refractivity contribution in [3.05, 3.63) is 11.9 Å². The molecule has 0 aliphatic carbocycles. The molecule has 0 aromatic rings. The van der Waals surface area contributed by atoms with E-state index in [1.807, 2.05) is 0 Å². The minimum absolute atomic E-state index is 1.08.